The van der Waals surface area contributed by atoms with E-state index in [1.165, 1.54) is 5.56 Å². The third kappa shape index (κ3) is 5.76. The zero-order chi connectivity index (χ0) is 22.1. The molecule has 0 spiro atoms. The van der Waals surface area contributed by atoms with Crippen LogP contribution in [0.25, 0.3) is 0 Å². The fourth-order valence-electron chi connectivity index (χ4n) is 3.78. The van der Waals surface area contributed by atoms with Crippen LogP contribution in [0.2, 0.25) is 0 Å². The first-order valence-electron chi connectivity index (χ1n) is 10.2. The Kier molecular flexibility index (Phi) is 7.89. The van der Waals surface area contributed by atoms with Gasteiger partial charge in [0.15, 0.2) is 0 Å². The molecule has 0 saturated carbocycles. The van der Waals surface area contributed by atoms with Gasteiger partial charge >= 0.3 is 0 Å². The molecule has 1 fully saturated rings. The van der Waals surface area contributed by atoms with Crippen LogP contribution in [0.4, 0.5) is 0 Å². The summed E-state index contributed by atoms with van der Waals surface area (Å²) >= 11 is 0. The average Bonchev–Trinajstić information content (AvgIpc) is 3.24. The Morgan fingerprint density at radius 2 is 1.77 bits per heavy atom. The number of hydrogen-bond donors (Lipinski definition) is 2. The van der Waals surface area contributed by atoms with Gasteiger partial charge < -0.3 is 19.9 Å². The molecule has 1 aliphatic rings. The standard InChI is InChI=1S/C22H25N5O.CH2O2/c1-26-16-13-24-21(26)20(17-5-3-2-4-6-17)25-19-9-14-27(15-10-19)22(28)18-7-11-23-12-8-18;2-1-3/h2-8,11-13,16,19-20,25H,9-10,14-15H2,1H3;1H,(H,2,3). The number of aromatic nitrogens is 3. The maximum atomic E-state index is 12.6. The molecule has 1 aromatic carbocycles. The highest BCUT2D eigenvalue weighted by Gasteiger charge is 2.27. The smallest absolute Gasteiger partial charge is 0.290 e. The van der Waals surface area contributed by atoms with Crippen LogP contribution in [0.15, 0.2) is 67.3 Å². The monoisotopic (exact) mass is 421 g/mol. The number of carboxylic acid groups (broad SMARTS) is 1. The molecule has 1 unspecified atom stereocenters. The summed E-state index contributed by atoms with van der Waals surface area (Å²) in [6.07, 6.45) is 8.98. The van der Waals surface area contributed by atoms with Crippen molar-refractivity contribution in [2.24, 2.45) is 7.05 Å². The number of carbonyl (C=O) groups is 2. The van der Waals surface area contributed by atoms with Gasteiger partial charge in [-0.15, -0.1) is 0 Å². The van der Waals surface area contributed by atoms with E-state index in [4.69, 9.17) is 9.90 Å². The Balaban J connectivity index is 0.000000858. The normalized spacial score (nSPS) is 14.9. The van der Waals surface area contributed by atoms with Gasteiger partial charge in [-0.1, -0.05) is 30.3 Å². The van der Waals surface area contributed by atoms with E-state index in [0.717, 1.165) is 31.8 Å². The van der Waals surface area contributed by atoms with Crippen LogP contribution in [0.3, 0.4) is 0 Å². The summed E-state index contributed by atoms with van der Waals surface area (Å²) in [6.45, 7) is 1.25. The second-order valence-corrected chi connectivity index (χ2v) is 7.31. The number of aryl methyl sites for hydroxylation is 1. The third-order valence-electron chi connectivity index (χ3n) is 5.36. The lowest BCUT2D eigenvalue weighted by atomic mass is 9.99. The fourth-order valence-corrected chi connectivity index (χ4v) is 3.78. The Labute approximate surface area is 181 Å². The first kappa shape index (κ1) is 22.2. The number of likely N-dealkylation sites (tertiary alicyclic amines) is 1. The summed E-state index contributed by atoms with van der Waals surface area (Å²) in [5.74, 6) is 1.09. The van der Waals surface area contributed by atoms with Gasteiger partial charge in [0.1, 0.15) is 5.82 Å². The summed E-state index contributed by atoms with van der Waals surface area (Å²) in [6, 6.07) is 14.3. The molecule has 0 aliphatic carbocycles. The van der Waals surface area contributed by atoms with Crippen molar-refractivity contribution in [3.05, 3.63) is 84.2 Å². The molecule has 2 N–H and O–H groups in total. The van der Waals surface area contributed by atoms with E-state index in [2.05, 4.69) is 44.1 Å². The maximum absolute atomic E-state index is 12.6. The molecule has 1 aliphatic heterocycles. The van der Waals surface area contributed by atoms with Crippen molar-refractivity contribution in [3.8, 4) is 0 Å². The number of pyridine rings is 1. The molecule has 31 heavy (non-hydrogen) atoms. The van der Waals surface area contributed by atoms with Crippen molar-refractivity contribution in [1.82, 2.24) is 24.8 Å². The van der Waals surface area contributed by atoms with E-state index in [9.17, 15) is 4.79 Å². The van der Waals surface area contributed by atoms with Crippen molar-refractivity contribution < 1.29 is 14.7 Å². The van der Waals surface area contributed by atoms with E-state index in [1.54, 1.807) is 24.5 Å². The molecular formula is C23H27N5O3. The number of benzene rings is 1. The molecule has 0 bridgehead atoms. The number of imidazole rings is 1. The summed E-state index contributed by atoms with van der Waals surface area (Å²) in [5.41, 5.74) is 1.91. The minimum Gasteiger partial charge on any atom is -0.483 e. The van der Waals surface area contributed by atoms with Gasteiger partial charge in [0.2, 0.25) is 0 Å². The van der Waals surface area contributed by atoms with Gasteiger partial charge in [-0.3, -0.25) is 14.6 Å². The van der Waals surface area contributed by atoms with Crippen LogP contribution in [0.5, 0.6) is 0 Å². The topological polar surface area (TPSA) is 100 Å². The number of nitrogens with one attached hydrogen (secondary N) is 1. The van der Waals surface area contributed by atoms with E-state index in [1.807, 2.05) is 30.4 Å². The first-order chi connectivity index (χ1) is 15.1. The molecule has 4 rings (SSSR count). The lowest BCUT2D eigenvalue weighted by Gasteiger charge is -2.34. The minimum absolute atomic E-state index is 0.0358. The number of amides is 1. The van der Waals surface area contributed by atoms with Crippen LogP contribution >= 0.6 is 0 Å². The zero-order valence-corrected chi connectivity index (χ0v) is 17.5. The first-order valence-corrected chi connectivity index (χ1v) is 10.2. The number of carbonyl (C=O) groups excluding carboxylic acids is 1. The van der Waals surface area contributed by atoms with Crippen molar-refractivity contribution in [2.75, 3.05) is 13.1 Å². The quantitative estimate of drug-likeness (QED) is 0.614. The number of piperidine rings is 1. The van der Waals surface area contributed by atoms with Crippen molar-refractivity contribution in [1.29, 1.82) is 0 Å². The minimum atomic E-state index is -0.250. The second kappa shape index (κ2) is 11.0. The van der Waals surface area contributed by atoms with E-state index >= 15 is 0 Å². The highest BCUT2D eigenvalue weighted by Crippen LogP contribution is 2.23. The number of rotatable bonds is 5. The number of hydrogen-bond acceptors (Lipinski definition) is 5. The molecule has 1 atom stereocenters. The van der Waals surface area contributed by atoms with Gasteiger partial charge in [-0.2, -0.15) is 0 Å². The second-order valence-electron chi connectivity index (χ2n) is 7.31. The van der Waals surface area contributed by atoms with Gasteiger partial charge in [0.25, 0.3) is 12.4 Å². The molecule has 3 heterocycles. The van der Waals surface area contributed by atoms with Crippen molar-refractivity contribution in [2.45, 2.75) is 24.9 Å². The molecule has 0 radical (unpaired) electrons. The maximum Gasteiger partial charge on any atom is 0.290 e. The van der Waals surface area contributed by atoms with Crippen LogP contribution in [-0.2, 0) is 11.8 Å². The Bertz CT molecular complexity index is 954. The summed E-state index contributed by atoms with van der Waals surface area (Å²) in [5, 5.41) is 10.7. The fraction of sp³-hybridized carbons (Fsp3) is 0.304. The average molecular weight is 422 g/mol. The molecule has 8 nitrogen and oxygen atoms in total. The van der Waals surface area contributed by atoms with E-state index in [-0.39, 0.29) is 18.4 Å². The number of nitrogens with zero attached hydrogens (tertiary/aromatic N) is 4. The molecule has 1 amide bonds. The van der Waals surface area contributed by atoms with Crippen molar-refractivity contribution >= 4 is 12.4 Å². The summed E-state index contributed by atoms with van der Waals surface area (Å²) in [4.78, 5) is 31.5. The molecule has 1 saturated heterocycles. The molecule has 162 valence electrons. The van der Waals surface area contributed by atoms with Crippen LogP contribution in [0, 0.1) is 0 Å². The molecule has 3 aromatic rings. The summed E-state index contributed by atoms with van der Waals surface area (Å²) in [7, 11) is 2.02. The van der Waals surface area contributed by atoms with Gasteiger partial charge in [0, 0.05) is 56.5 Å². The van der Waals surface area contributed by atoms with E-state index in [0.29, 0.717) is 11.6 Å². The Hall–Kier alpha value is -3.52. The van der Waals surface area contributed by atoms with Crippen LogP contribution in [-0.4, -0.2) is 56.1 Å². The van der Waals surface area contributed by atoms with E-state index < -0.39 is 0 Å². The van der Waals surface area contributed by atoms with Gasteiger partial charge in [-0.25, -0.2) is 4.98 Å². The summed E-state index contributed by atoms with van der Waals surface area (Å²) < 4.78 is 2.06. The highest BCUT2D eigenvalue weighted by molar-refractivity contribution is 5.94. The van der Waals surface area contributed by atoms with Gasteiger partial charge in [-0.05, 0) is 30.5 Å². The molecular weight excluding hydrogens is 394 g/mol. The lowest BCUT2D eigenvalue weighted by Crippen LogP contribution is -2.46. The SMILES string of the molecule is Cn1ccnc1C(NC1CCN(C(=O)c2ccncc2)CC1)c1ccccc1.O=CO. The zero-order valence-electron chi connectivity index (χ0n) is 17.5. The Morgan fingerprint density at radius 3 is 2.35 bits per heavy atom. The Morgan fingerprint density at radius 1 is 1.13 bits per heavy atom. The predicted molar refractivity (Wildman–Crippen MR) is 116 cm³/mol. The van der Waals surface area contributed by atoms with Crippen LogP contribution in [0.1, 0.15) is 40.6 Å². The molecule has 2 aromatic heterocycles. The van der Waals surface area contributed by atoms with Crippen molar-refractivity contribution in [3.63, 3.8) is 0 Å². The third-order valence-corrected chi connectivity index (χ3v) is 5.36. The highest BCUT2D eigenvalue weighted by atomic mass is 16.3. The van der Waals surface area contributed by atoms with Gasteiger partial charge in [0.05, 0.1) is 6.04 Å². The molecule has 8 heteroatoms. The predicted octanol–water partition coefficient (Wildman–Crippen LogP) is 2.50. The largest absolute Gasteiger partial charge is 0.483 e. The lowest BCUT2D eigenvalue weighted by molar-refractivity contribution is -0.122. The van der Waals surface area contributed by atoms with Crippen LogP contribution < -0.4 is 5.32 Å².